The molecular formula is C6H15AlCl5Mo. The van der Waals surface area contributed by atoms with Crippen LogP contribution in [-0.2, 0) is 9.60 Å². The molecule has 0 rings (SSSR count). The Balaban J connectivity index is 0. The van der Waals surface area contributed by atoms with Gasteiger partial charge in [0.2, 0.25) is 0 Å². The summed E-state index contributed by atoms with van der Waals surface area (Å²) in [5.74, 6) is 0. The third kappa shape index (κ3) is 31.3. The van der Waals surface area contributed by atoms with Gasteiger partial charge in [0.05, 0.1) is 0 Å². The number of halogens is 5. The molecule has 0 heterocycles. The summed E-state index contributed by atoms with van der Waals surface area (Å²) in [6.45, 7) is 6.97. The molecule has 0 nitrogen and oxygen atoms in total. The van der Waals surface area contributed by atoms with Crippen LogP contribution in [0, 0.1) is 0 Å². The van der Waals surface area contributed by atoms with Crippen LogP contribution in [0.25, 0.3) is 0 Å². The maximum atomic E-state index is 5.04. The molecule has 0 atom stereocenters. The number of rotatable bonds is 3. The van der Waals surface area contributed by atoms with Crippen molar-refractivity contribution >= 4 is 61.2 Å². The zero-order valence-electron chi connectivity index (χ0n) is 8.00. The van der Waals surface area contributed by atoms with Crippen LogP contribution in [0.15, 0.2) is 0 Å². The van der Waals surface area contributed by atoms with E-state index in [-0.39, 0.29) is 14.1 Å². The zero-order chi connectivity index (χ0) is 11.1. The summed E-state index contributed by atoms with van der Waals surface area (Å²) in [7, 11) is 20.9. The van der Waals surface area contributed by atoms with Gasteiger partial charge in [-0.05, 0) is 0 Å². The summed E-state index contributed by atoms with van der Waals surface area (Å²) in [5.41, 5.74) is 0. The molecule has 0 radical (unpaired) electrons. The van der Waals surface area contributed by atoms with Gasteiger partial charge in [-0.3, -0.25) is 0 Å². The van der Waals surface area contributed by atoms with Crippen LogP contribution in [0.4, 0.5) is 0 Å². The molecule has 0 N–H and O–H groups in total. The van der Waals surface area contributed by atoms with Gasteiger partial charge in [0.1, 0.15) is 0 Å². The van der Waals surface area contributed by atoms with Crippen molar-refractivity contribution in [3.63, 3.8) is 0 Å². The summed E-state index contributed by atoms with van der Waals surface area (Å²) in [4.78, 5) is 0. The summed E-state index contributed by atoms with van der Waals surface area (Å²) in [6.07, 6.45) is 0. The van der Waals surface area contributed by atoms with Crippen molar-refractivity contribution in [1.82, 2.24) is 0 Å². The Hall–Kier alpha value is 2.67. The average Bonchev–Trinajstić information content (AvgIpc) is 1.86. The zero-order valence-corrected chi connectivity index (χ0v) is 14.9. The van der Waals surface area contributed by atoms with Crippen molar-refractivity contribution in [1.29, 1.82) is 0 Å². The van der Waals surface area contributed by atoms with Gasteiger partial charge in [0.15, 0.2) is 0 Å². The normalized spacial score (nSPS) is 13.7. The van der Waals surface area contributed by atoms with Crippen LogP contribution < -0.4 is 0 Å². The van der Waals surface area contributed by atoms with Crippen molar-refractivity contribution in [2.75, 3.05) is 0 Å². The molecule has 83 valence electrons. The first-order valence-electron chi connectivity index (χ1n) is 4.12. The van der Waals surface area contributed by atoms with Gasteiger partial charge >= 0.3 is 56.7 Å². The van der Waals surface area contributed by atoms with E-state index in [0.29, 0.717) is 0 Å². The number of hydrogen-bond donors (Lipinski definition) is 0. The predicted molar refractivity (Wildman–Crippen MR) is 66.5 cm³/mol. The first-order valence-corrected chi connectivity index (χ1v) is 19.5. The van der Waals surface area contributed by atoms with Crippen LogP contribution in [0.1, 0.15) is 20.8 Å². The molecule has 0 spiro atoms. The summed E-state index contributed by atoms with van der Waals surface area (Å²) in [5, 5.41) is 4.48. The van der Waals surface area contributed by atoms with Crippen molar-refractivity contribution in [3.05, 3.63) is 0 Å². The molecule has 0 aliphatic carbocycles. The van der Waals surface area contributed by atoms with Gasteiger partial charge in [-0.1, -0.05) is 36.6 Å². The molecule has 0 bridgehead atoms. The van der Waals surface area contributed by atoms with Crippen molar-refractivity contribution in [2.24, 2.45) is 0 Å². The molecular weight excluding hydrogens is 372 g/mol. The Morgan fingerprint density at radius 2 is 0.923 bits per heavy atom. The fraction of sp³-hybridized carbons (Fsp3) is 1.00. The van der Waals surface area contributed by atoms with Gasteiger partial charge in [-0.25, -0.2) is 0 Å². The molecule has 0 aromatic carbocycles. The Labute approximate surface area is 106 Å². The van der Waals surface area contributed by atoms with E-state index in [2.05, 4.69) is 20.8 Å². The maximum absolute atomic E-state index is 5.04. The van der Waals surface area contributed by atoms with Gasteiger partial charge in [0.25, 0.3) is 14.1 Å². The monoisotopic (exact) mass is 387 g/mol. The van der Waals surface area contributed by atoms with Crippen LogP contribution in [-0.4, -0.2) is 14.1 Å². The van der Waals surface area contributed by atoms with Crippen molar-refractivity contribution in [2.45, 2.75) is 36.6 Å². The van der Waals surface area contributed by atoms with E-state index >= 15 is 0 Å². The summed E-state index contributed by atoms with van der Waals surface area (Å²) >= 11 is -0.171. The minimum absolute atomic E-state index is 0.171. The second-order valence-electron chi connectivity index (χ2n) is 2.67. The molecule has 0 aromatic rings. The fourth-order valence-electron chi connectivity index (χ4n) is 0.866. The van der Waals surface area contributed by atoms with Crippen LogP contribution in [0.3, 0.4) is 0 Å². The van der Waals surface area contributed by atoms with Crippen molar-refractivity contribution in [3.8, 4) is 0 Å². The third-order valence-corrected chi connectivity index (χ3v) is 5.20. The molecule has 0 aromatic heterocycles. The van der Waals surface area contributed by atoms with Gasteiger partial charge in [0, 0.05) is 0 Å². The Morgan fingerprint density at radius 3 is 0.923 bits per heavy atom. The first kappa shape index (κ1) is 18.0. The van der Waals surface area contributed by atoms with E-state index in [1.165, 1.54) is 15.8 Å². The van der Waals surface area contributed by atoms with Crippen LogP contribution in [0.5, 0.6) is 0 Å². The molecule has 7 heteroatoms. The molecule has 0 saturated carbocycles. The van der Waals surface area contributed by atoms with Crippen LogP contribution >= 0.6 is 47.1 Å². The van der Waals surface area contributed by atoms with E-state index < -0.39 is 9.60 Å². The molecule has 0 fully saturated rings. The Bertz CT molecular complexity index is 106. The first-order chi connectivity index (χ1) is 5.58. The predicted octanol–water partition coefficient (Wildman–Crippen LogP) is 5.99. The van der Waals surface area contributed by atoms with Gasteiger partial charge in [-0.15, -0.1) is 0 Å². The number of hydrogen-bond acceptors (Lipinski definition) is 0. The minimum atomic E-state index is -4.26. The molecule has 0 saturated heterocycles. The van der Waals surface area contributed by atoms with Crippen LogP contribution in [0.2, 0.25) is 15.8 Å². The van der Waals surface area contributed by atoms with E-state index in [0.717, 1.165) is 0 Å². The third-order valence-electron chi connectivity index (χ3n) is 1.73. The standard InChI is InChI=1S/3C2H5.Al.5ClH.Mo/c3*1-2;;;;;;;/h3*1H2,2H3;;5*1H;/q;;;;;;;;;+5/p-5. The van der Waals surface area contributed by atoms with Gasteiger partial charge < -0.3 is 0 Å². The van der Waals surface area contributed by atoms with E-state index in [9.17, 15) is 0 Å². The fourth-order valence-corrected chi connectivity index (χ4v) is 2.60. The van der Waals surface area contributed by atoms with E-state index in [4.69, 9.17) is 47.1 Å². The second-order valence-corrected chi connectivity index (χ2v) is 37.3. The average molecular weight is 387 g/mol. The second kappa shape index (κ2) is 7.87. The molecule has 0 aliphatic rings. The summed E-state index contributed by atoms with van der Waals surface area (Å²) in [6, 6.07) is 0. The molecule has 0 amide bonds. The SMILES string of the molecule is C[CH2][Al]([CH2]C)[CH2]C.[Cl][Mo]([Cl])([Cl])([Cl])[Cl]. The van der Waals surface area contributed by atoms with Crippen molar-refractivity contribution < 1.29 is 9.60 Å². The quantitative estimate of drug-likeness (QED) is 0.522. The van der Waals surface area contributed by atoms with E-state index in [1.807, 2.05) is 0 Å². The molecule has 0 aliphatic heterocycles. The Kier molecular flexibility index (Phi) is 10.9. The Morgan fingerprint density at radius 1 is 0.769 bits per heavy atom. The summed E-state index contributed by atoms with van der Waals surface area (Å²) < 4.78 is 0. The topological polar surface area (TPSA) is 0 Å². The molecule has 13 heavy (non-hydrogen) atoms. The van der Waals surface area contributed by atoms with Gasteiger partial charge in [-0.2, -0.15) is 0 Å². The van der Waals surface area contributed by atoms with E-state index in [1.54, 1.807) is 0 Å². The molecule has 0 unspecified atom stereocenters.